The van der Waals surface area contributed by atoms with Crippen molar-refractivity contribution in [3.63, 3.8) is 0 Å². The Morgan fingerprint density at radius 1 is 1.17 bits per heavy atom. The number of aromatic nitrogens is 3. The molecule has 0 saturated carbocycles. The SMILES string of the molecule is Bc1cnn2c(NCC3CCCN(C(=O)COc4ccccc4)C3)cc(-c3ccccc3O)nc12. The molecule has 35 heavy (non-hydrogen) atoms. The number of hydrogen-bond acceptors (Lipinski definition) is 6. The topological polar surface area (TPSA) is 92.0 Å². The summed E-state index contributed by atoms with van der Waals surface area (Å²) in [6.45, 7) is 2.18. The van der Waals surface area contributed by atoms with Crippen LogP contribution in [0.4, 0.5) is 5.82 Å². The summed E-state index contributed by atoms with van der Waals surface area (Å²) in [5.74, 6) is 2.00. The third-order valence-electron chi connectivity index (χ3n) is 6.38. The van der Waals surface area contributed by atoms with Crippen molar-refractivity contribution < 1.29 is 14.6 Å². The summed E-state index contributed by atoms with van der Waals surface area (Å²) in [6, 6.07) is 18.5. The predicted molar refractivity (Wildman–Crippen MR) is 138 cm³/mol. The highest BCUT2D eigenvalue weighted by atomic mass is 16.5. The summed E-state index contributed by atoms with van der Waals surface area (Å²) in [7, 11) is 1.97. The Bertz CT molecular complexity index is 1330. The Kier molecular flexibility index (Phi) is 6.56. The van der Waals surface area contributed by atoms with Crippen LogP contribution in [-0.2, 0) is 4.79 Å². The van der Waals surface area contributed by atoms with E-state index in [4.69, 9.17) is 9.72 Å². The first-order chi connectivity index (χ1) is 17.1. The molecule has 1 aliphatic heterocycles. The van der Waals surface area contributed by atoms with Crippen LogP contribution in [0.1, 0.15) is 12.8 Å². The zero-order valence-electron chi connectivity index (χ0n) is 19.7. The molecular weight excluding hydrogens is 441 g/mol. The lowest BCUT2D eigenvalue weighted by atomic mass is 9.98. The number of amides is 1. The molecule has 0 bridgehead atoms. The maximum Gasteiger partial charge on any atom is 0.260 e. The highest BCUT2D eigenvalue weighted by Gasteiger charge is 2.24. The zero-order chi connectivity index (χ0) is 24.2. The summed E-state index contributed by atoms with van der Waals surface area (Å²) >= 11 is 0. The minimum atomic E-state index is 0.00870. The molecule has 5 rings (SSSR count). The van der Waals surface area contributed by atoms with Gasteiger partial charge in [-0.1, -0.05) is 30.3 Å². The molecule has 8 nitrogen and oxygen atoms in total. The van der Waals surface area contributed by atoms with Crippen LogP contribution in [0.2, 0.25) is 0 Å². The second kappa shape index (κ2) is 10.1. The molecule has 1 atom stereocenters. The smallest absolute Gasteiger partial charge is 0.260 e. The molecule has 0 aliphatic carbocycles. The van der Waals surface area contributed by atoms with E-state index in [1.165, 1.54) is 0 Å². The number of benzene rings is 2. The number of carbonyl (C=O) groups is 1. The van der Waals surface area contributed by atoms with Gasteiger partial charge in [0, 0.05) is 37.5 Å². The number of phenols is 1. The van der Waals surface area contributed by atoms with Gasteiger partial charge >= 0.3 is 0 Å². The summed E-state index contributed by atoms with van der Waals surface area (Å²) in [5, 5.41) is 18.4. The lowest BCUT2D eigenvalue weighted by molar-refractivity contribution is -0.135. The van der Waals surface area contributed by atoms with Crippen LogP contribution in [0.25, 0.3) is 16.9 Å². The van der Waals surface area contributed by atoms with Crippen molar-refractivity contribution in [2.24, 2.45) is 5.92 Å². The fourth-order valence-corrected chi connectivity index (χ4v) is 4.49. The van der Waals surface area contributed by atoms with Gasteiger partial charge < -0.3 is 20.1 Å². The van der Waals surface area contributed by atoms with Gasteiger partial charge in [0.2, 0.25) is 0 Å². The number of ether oxygens (including phenoxy) is 1. The van der Waals surface area contributed by atoms with Gasteiger partial charge in [0.1, 0.15) is 25.2 Å². The van der Waals surface area contributed by atoms with Gasteiger partial charge in [0.15, 0.2) is 12.3 Å². The Balaban J connectivity index is 1.27. The van der Waals surface area contributed by atoms with E-state index in [-0.39, 0.29) is 18.3 Å². The number of fused-ring (bicyclic) bond motifs is 1. The van der Waals surface area contributed by atoms with Crippen LogP contribution >= 0.6 is 0 Å². The van der Waals surface area contributed by atoms with Gasteiger partial charge in [0.25, 0.3) is 5.91 Å². The molecule has 2 aromatic heterocycles. The minimum absolute atomic E-state index is 0.00870. The molecule has 1 fully saturated rings. The van der Waals surface area contributed by atoms with E-state index in [1.54, 1.807) is 22.8 Å². The van der Waals surface area contributed by atoms with Crippen LogP contribution in [0.15, 0.2) is 66.9 Å². The summed E-state index contributed by atoms with van der Waals surface area (Å²) in [4.78, 5) is 19.4. The van der Waals surface area contributed by atoms with E-state index in [0.717, 1.165) is 36.3 Å². The second-order valence-corrected chi connectivity index (χ2v) is 8.94. The molecule has 1 saturated heterocycles. The average molecular weight is 469 g/mol. The lowest BCUT2D eigenvalue weighted by Gasteiger charge is -2.33. The van der Waals surface area contributed by atoms with E-state index in [2.05, 4.69) is 10.4 Å². The fraction of sp³-hybridized carbons (Fsp3) is 0.269. The van der Waals surface area contributed by atoms with E-state index in [9.17, 15) is 9.90 Å². The predicted octanol–water partition coefficient (Wildman–Crippen LogP) is 2.09. The lowest BCUT2D eigenvalue weighted by Crippen LogP contribution is -2.43. The van der Waals surface area contributed by atoms with Gasteiger partial charge in [0.05, 0.1) is 5.69 Å². The number of aromatic hydroxyl groups is 1. The van der Waals surface area contributed by atoms with E-state index < -0.39 is 0 Å². The second-order valence-electron chi connectivity index (χ2n) is 8.94. The number of nitrogens with zero attached hydrogens (tertiary/aromatic N) is 4. The fourth-order valence-electron chi connectivity index (χ4n) is 4.49. The third kappa shape index (κ3) is 5.08. The molecular formula is C26H28BN5O3. The molecule has 178 valence electrons. The van der Waals surface area contributed by atoms with Gasteiger partial charge in [-0.25, -0.2) is 4.98 Å². The van der Waals surface area contributed by atoms with Gasteiger partial charge in [-0.2, -0.15) is 9.61 Å². The van der Waals surface area contributed by atoms with E-state index in [0.29, 0.717) is 36.0 Å². The van der Waals surface area contributed by atoms with Crippen LogP contribution < -0.4 is 15.5 Å². The maximum atomic E-state index is 12.7. The number of para-hydroxylation sites is 2. The third-order valence-corrected chi connectivity index (χ3v) is 6.38. The Morgan fingerprint density at radius 2 is 1.97 bits per heavy atom. The molecule has 9 heteroatoms. The van der Waals surface area contributed by atoms with Crippen molar-refractivity contribution >= 4 is 30.7 Å². The van der Waals surface area contributed by atoms with Gasteiger partial charge in [-0.05, 0) is 48.5 Å². The van der Waals surface area contributed by atoms with Crippen molar-refractivity contribution in [1.29, 1.82) is 0 Å². The zero-order valence-corrected chi connectivity index (χ0v) is 19.7. The number of likely N-dealkylation sites (tertiary alicyclic amines) is 1. The Morgan fingerprint density at radius 3 is 2.80 bits per heavy atom. The molecule has 1 unspecified atom stereocenters. The Labute approximate surface area is 205 Å². The molecule has 0 spiro atoms. The van der Waals surface area contributed by atoms with Crippen molar-refractivity contribution in [2.45, 2.75) is 12.8 Å². The molecule has 4 aromatic rings. The number of hydrogen-bond donors (Lipinski definition) is 2. The number of rotatable bonds is 7. The van der Waals surface area contributed by atoms with E-state index in [1.807, 2.05) is 61.3 Å². The van der Waals surface area contributed by atoms with Crippen LogP contribution in [0, 0.1) is 5.92 Å². The molecule has 0 radical (unpaired) electrons. The van der Waals surface area contributed by atoms with Crippen LogP contribution in [-0.4, -0.2) is 64.6 Å². The average Bonchev–Trinajstić information content (AvgIpc) is 3.27. The number of piperidine rings is 1. The number of phenolic OH excluding ortho intramolecular Hbond substituents is 1. The van der Waals surface area contributed by atoms with Crippen molar-refractivity contribution in [2.75, 3.05) is 31.6 Å². The minimum Gasteiger partial charge on any atom is -0.507 e. The van der Waals surface area contributed by atoms with Crippen molar-refractivity contribution in [3.05, 3.63) is 66.9 Å². The highest BCUT2D eigenvalue weighted by molar-refractivity contribution is 6.36. The van der Waals surface area contributed by atoms with Crippen LogP contribution in [0.5, 0.6) is 11.5 Å². The number of carbonyl (C=O) groups excluding carboxylic acids is 1. The van der Waals surface area contributed by atoms with Crippen molar-refractivity contribution in [1.82, 2.24) is 19.5 Å². The first-order valence-corrected chi connectivity index (χ1v) is 11.9. The number of anilines is 1. The van der Waals surface area contributed by atoms with Crippen LogP contribution in [0.3, 0.4) is 0 Å². The largest absolute Gasteiger partial charge is 0.507 e. The Hall–Kier alpha value is -4.01. The molecule has 2 N–H and O–H groups in total. The molecule has 1 aliphatic rings. The first kappa shape index (κ1) is 22.8. The quantitative estimate of drug-likeness (QED) is 0.403. The number of nitrogens with one attached hydrogen (secondary N) is 1. The molecule has 1 amide bonds. The normalized spacial score (nSPS) is 15.8. The van der Waals surface area contributed by atoms with Gasteiger partial charge in [-0.15, -0.1) is 0 Å². The van der Waals surface area contributed by atoms with E-state index >= 15 is 0 Å². The monoisotopic (exact) mass is 469 g/mol. The molecule has 2 aromatic carbocycles. The summed E-state index contributed by atoms with van der Waals surface area (Å²) in [6.07, 6.45) is 3.78. The highest BCUT2D eigenvalue weighted by Crippen LogP contribution is 2.29. The first-order valence-electron chi connectivity index (χ1n) is 11.9. The maximum absolute atomic E-state index is 12.7. The van der Waals surface area contributed by atoms with Gasteiger partial charge in [-0.3, -0.25) is 4.79 Å². The summed E-state index contributed by atoms with van der Waals surface area (Å²) < 4.78 is 7.45. The summed E-state index contributed by atoms with van der Waals surface area (Å²) in [5.41, 5.74) is 3.05. The standard InChI is InChI=1S/C26H28BN5O3/c27-21-15-29-32-24(13-22(30-26(21)32)20-10-4-5-11-23(20)33)28-14-18-7-6-12-31(16-18)25(34)17-35-19-8-2-1-3-9-19/h1-5,8-11,13,15,18,28,33H,6-7,12,14,16-17,27H2. The van der Waals surface area contributed by atoms with Crippen molar-refractivity contribution in [3.8, 4) is 22.8 Å². The molecule has 3 heterocycles.